The van der Waals surface area contributed by atoms with Crippen LogP contribution in [-0.4, -0.2) is 35.1 Å². The van der Waals surface area contributed by atoms with Crippen LogP contribution in [-0.2, 0) is 12.7 Å². The lowest BCUT2D eigenvalue weighted by Gasteiger charge is -2.20. The first-order valence-corrected chi connectivity index (χ1v) is 6.92. The van der Waals surface area contributed by atoms with Crippen molar-refractivity contribution in [3.05, 3.63) is 29.5 Å². The van der Waals surface area contributed by atoms with E-state index >= 15 is 0 Å². The standard InChI is InChI=1S/C16H19FN2O4/c1-16(2,17)9-6-10(14(23-5)13(7-9)22-4)12-8-11(15(20)21)18-19(12)3/h6-8H,1-5H3,(H,20,21). The molecule has 0 saturated heterocycles. The molecule has 0 bridgehead atoms. The number of rotatable bonds is 5. The van der Waals surface area contributed by atoms with E-state index in [-0.39, 0.29) is 5.69 Å². The number of halogens is 1. The third-order valence-corrected chi connectivity index (χ3v) is 3.54. The van der Waals surface area contributed by atoms with Gasteiger partial charge in [-0.1, -0.05) is 0 Å². The summed E-state index contributed by atoms with van der Waals surface area (Å²) in [5.41, 5.74) is -0.307. The monoisotopic (exact) mass is 322 g/mol. The molecule has 6 nitrogen and oxygen atoms in total. The molecule has 1 N–H and O–H groups in total. The van der Waals surface area contributed by atoms with Crippen molar-refractivity contribution in [2.75, 3.05) is 14.2 Å². The zero-order valence-electron chi connectivity index (χ0n) is 13.7. The zero-order valence-corrected chi connectivity index (χ0v) is 13.7. The van der Waals surface area contributed by atoms with Gasteiger partial charge in [0.25, 0.3) is 0 Å². The van der Waals surface area contributed by atoms with Crippen LogP contribution in [0.1, 0.15) is 29.9 Å². The molecular formula is C16H19FN2O4. The molecule has 23 heavy (non-hydrogen) atoms. The van der Waals surface area contributed by atoms with Gasteiger partial charge < -0.3 is 14.6 Å². The van der Waals surface area contributed by atoms with Crippen LogP contribution in [0.15, 0.2) is 18.2 Å². The van der Waals surface area contributed by atoms with Gasteiger partial charge in [0, 0.05) is 12.6 Å². The maximum atomic E-state index is 14.4. The summed E-state index contributed by atoms with van der Waals surface area (Å²) in [5, 5.41) is 13.0. The zero-order chi connectivity index (χ0) is 17.4. The van der Waals surface area contributed by atoms with E-state index in [0.717, 1.165) is 0 Å². The molecular weight excluding hydrogens is 303 g/mol. The van der Waals surface area contributed by atoms with Gasteiger partial charge in [0.05, 0.1) is 19.9 Å². The Labute approximate surface area is 133 Å². The molecule has 0 aliphatic heterocycles. The topological polar surface area (TPSA) is 73.6 Å². The number of carboxylic acids is 1. The molecule has 0 fully saturated rings. The molecule has 2 aromatic rings. The van der Waals surface area contributed by atoms with Gasteiger partial charge >= 0.3 is 5.97 Å². The SMILES string of the molecule is COc1cc(C(C)(C)F)cc(-c2cc(C(=O)O)nn2C)c1OC. The molecule has 0 atom stereocenters. The molecule has 0 aliphatic carbocycles. The van der Waals surface area contributed by atoms with Crippen LogP contribution < -0.4 is 9.47 Å². The summed E-state index contributed by atoms with van der Waals surface area (Å²) >= 11 is 0. The number of nitrogens with zero attached hydrogens (tertiary/aromatic N) is 2. The first-order chi connectivity index (χ1) is 10.7. The van der Waals surface area contributed by atoms with Crippen molar-refractivity contribution in [2.24, 2.45) is 7.05 Å². The van der Waals surface area contributed by atoms with Crippen molar-refractivity contribution < 1.29 is 23.8 Å². The van der Waals surface area contributed by atoms with Crippen LogP contribution in [0.25, 0.3) is 11.3 Å². The number of benzene rings is 1. The average Bonchev–Trinajstić information content (AvgIpc) is 2.86. The van der Waals surface area contributed by atoms with Gasteiger partial charge in [-0.05, 0) is 37.6 Å². The highest BCUT2D eigenvalue weighted by atomic mass is 19.1. The van der Waals surface area contributed by atoms with Crippen LogP contribution in [0, 0.1) is 0 Å². The second kappa shape index (κ2) is 5.91. The molecule has 7 heteroatoms. The van der Waals surface area contributed by atoms with Crippen molar-refractivity contribution in [1.29, 1.82) is 0 Å². The van der Waals surface area contributed by atoms with Gasteiger partial charge in [-0.15, -0.1) is 0 Å². The van der Waals surface area contributed by atoms with Crippen LogP contribution in [0.4, 0.5) is 4.39 Å². The van der Waals surface area contributed by atoms with Crippen LogP contribution in [0.2, 0.25) is 0 Å². The number of hydrogen-bond donors (Lipinski definition) is 1. The van der Waals surface area contributed by atoms with E-state index < -0.39 is 11.6 Å². The van der Waals surface area contributed by atoms with Crippen LogP contribution in [0.5, 0.6) is 11.5 Å². The average molecular weight is 322 g/mol. The molecule has 124 valence electrons. The predicted octanol–water partition coefficient (Wildman–Crippen LogP) is 3.01. The number of carbonyl (C=O) groups is 1. The number of alkyl halides is 1. The second-order valence-corrected chi connectivity index (χ2v) is 5.58. The van der Waals surface area contributed by atoms with Gasteiger partial charge in [-0.3, -0.25) is 4.68 Å². The van der Waals surface area contributed by atoms with Gasteiger partial charge in [-0.25, -0.2) is 9.18 Å². The van der Waals surface area contributed by atoms with E-state index in [9.17, 15) is 9.18 Å². The highest BCUT2D eigenvalue weighted by molar-refractivity contribution is 5.87. The van der Waals surface area contributed by atoms with Crippen molar-refractivity contribution in [2.45, 2.75) is 19.5 Å². The molecule has 0 unspecified atom stereocenters. The van der Waals surface area contributed by atoms with E-state index in [2.05, 4.69) is 5.10 Å². The fourth-order valence-corrected chi connectivity index (χ4v) is 2.32. The Balaban J connectivity index is 2.76. The van der Waals surface area contributed by atoms with Gasteiger partial charge in [0.2, 0.25) is 0 Å². The van der Waals surface area contributed by atoms with E-state index in [1.54, 1.807) is 19.2 Å². The van der Waals surface area contributed by atoms with Gasteiger partial charge in [0.15, 0.2) is 17.2 Å². The molecule has 1 aromatic carbocycles. The Morgan fingerprint density at radius 2 is 1.91 bits per heavy atom. The van der Waals surface area contributed by atoms with Gasteiger partial charge in [-0.2, -0.15) is 5.10 Å². The second-order valence-electron chi connectivity index (χ2n) is 5.58. The molecule has 0 aliphatic rings. The Morgan fingerprint density at radius 1 is 1.26 bits per heavy atom. The van der Waals surface area contributed by atoms with Crippen molar-refractivity contribution in [3.63, 3.8) is 0 Å². The molecule has 0 amide bonds. The predicted molar refractivity (Wildman–Crippen MR) is 82.8 cm³/mol. The molecule has 1 heterocycles. The number of hydrogen-bond acceptors (Lipinski definition) is 4. The Hall–Kier alpha value is -2.57. The van der Waals surface area contributed by atoms with Crippen molar-refractivity contribution in [3.8, 4) is 22.8 Å². The van der Waals surface area contributed by atoms with E-state index in [0.29, 0.717) is 28.3 Å². The number of ether oxygens (including phenoxy) is 2. The van der Waals surface area contributed by atoms with Crippen molar-refractivity contribution >= 4 is 5.97 Å². The normalized spacial score (nSPS) is 11.4. The molecule has 0 saturated carbocycles. The highest BCUT2D eigenvalue weighted by Gasteiger charge is 2.25. The maximum absolute atomic E-state index is 14.4. The fraction of sp³-hybridized carbons (Fsp3) is 0.375. The summed E-state index contributed by atoms with van der Waals surface area (Å²) in [6.45, 7) is 2.87. The molecule has 1 aromatic heterocycles. The summed E-state index contributed by atoms with van der Waals surface area (Å²) in [6, 6.07) is 4.59. The Kier molecular flexibility index (Phi) is 4.31. The van der Waals surface area contributed by atoms with E-state index in [4.69, 9.17) is 14.6 Å². The first-order valence-electron chi connectivity index (χ1n) is 6.92. The fourth-order valence-electron chi connectivity index (χ4n) is 2.32. The summed E-state index contributed by atoms with van der Waals surface area (Å²) in [7, 11) is 4.54. The van der Waals surface area contributed by atoms with E-state index in [1.165, 1.54) is 38.8 Å². The first kappa shape index (κ1) is 16.8. The number of methoxy groups -OCH3 is 2. The third kappa shape index (κ3) is 3.13. The molecule has 2 rings (SSSR count). The van der Waals surface area contributed by atoms with Gasteiger partial charge in [0.1, 0.15) is 5.67 Å². The Morgan fingerprint density at radius 3 is 2.35 bits per heavy atom. The molecule has 0 radical (unpaired) electrons. The summed E-state index contributed by atoms with van der Waals surface area (Å²) in [4.78, 5) is 11.1. The van der Waals surface area contributed by atoms with Crippen LogP contribution >= 0.6 is 0 Å². The third-order valence-electron chi connectivity index (χ3n) is 3.54. The van der Waals surface area contributed by atoms with Crippen LogP contribution in [0.3, 0.4) is 0 Å². The summed E-state index contributed by atoms with van der Waals surface area (Å²) in [5.74, 6) is -0.385. The van der Waals surface area contributed by atoms with E-state index in [1.807, 2.05) is 0 Å². The largest absolute Gasteiger partial charge is 0.493 e. The quantitative estimate of drug-likeness (QED) is 0.916. The maximum Gasteiger partial charge on any atom is 0.356 e. The number of aromatic nitrogens is 2. The number of carboxylic acid groups (broad SMARTS) is 1. The number of aromatic carboxylic acids is 1. The minimum Gasteiger partial charge on any atom is -0.493 e. The Bertz CT molecular complexity index is 747. The lowest BCUT2D eigenvalue weighted by atomic mass is 9.95. The van der Waals surface area contributed by atoms with Crippen molar-refractivity contribution in [1.82, 2.24) is 9.78 Å². The minimum atomic E-state index is -1.59. The minimum absolute atomic E-state index is 0.103. The lowest BCUT2D eigenvalue weighted by Crippen LogP contribution is -2.10. The molecule has 0 spiro atoms. The smallest absolute Gasteiger partial charge is 0.356 e. The highest BCUT2D eigenvalue weighted by Crippen LogP contribution is 2.42. The number of aryl methyl sites for hydroxylation is 1. The summed E-state index contributed by atoms with van der Waals surface area (Å²) in [6.07, 6.45) is 0. The lowest BCUT2D eigenvalue weighted by molar-refractivity contribution is 0.0689. The summed E-state index contributed by atoms with van der Waals surface area (Å²) < 4.78 is 26.5.